The van der Waals surface area contributed by atoms with Gasteiger partial charge < -0.3 is 14.2 Å². The molecule has 0 aliphatic rings. The lowest BCUT2D eigenvalue weighted by atomic mass is 10.1. The van der Waals surface area contributed by atoms with E-state index < -0.39 is 6.10 Å². The van der Waals surface area contributed by atoms with Gasteiger partial charge in [-0.3, -0.25) is 14.4 Å². The third-order valence-corrected chi connectivity index (χ3v) is 10.7. The highest BCUT2D eigenvalue weighted by molar-refractivity contribution is 5.71. The van der Waals surface area contributed by atoms with Gasteiger partial charge in [0.15, 0.2) is 6.10 Å². The van der Waals surface area contributed by atoms with Crippen molar-refractivity contribution >= 4 is 17.9 Å². The van der Waals surface area contributed by atoms with Crippen LogP contribution in [-0.2, 0) is 28.6 Å². The van der Waals surface area contributed by atoms with Crippen molar-refractivity contribution in [3.63, 3.8) is 0 Å². The van der Waals surface area contributed by atoms with Gasteiger partial charge in [-0.2, -0.15) is 0 Å². The second kappa shape index (κ2) is 57.3. The average molecular weight is 975 g/mol. The SMILES string of the molecule is CC/C=C\C/C=C\C/C=C\C/C=C\C/C=C\C/C=C\CCC(=O)OCC(COC(=O)CCCCCCC/C=C\C/C=C\C/C=C\CC)OC(=O)CCCCC/C=C\C/C=C\C/C=C\C/C=C\C/C=C\CC. The normalized spacial score (nSPS) is 13.5. The minimum atomic E-state index is -0.844. The smallest absolute Gasteiger partial charge is 0.306 e. The summed E-state index contributed by atoms with van der Waals surface area (Å²) in [6.07, 6.45) is 84.9. The summed E-state index contributed by atoms with van der Waals surface area (Å²) < 4.78 is 16.7. The van der Waals surface area contributed by atoms with E-state index in [4.69, 9.17) is 14.2 Å². The Balaban J connectivity index is 4.64. The van der Waals surface area contributed by atoms with Gasteiger partial charge in [-0.15, -0.1) is 0 Å². The third-order valence-electron chi connectivity index (χ3n) is 10.7. The molecule has 6 heteroatoms. The Bertz CT molecular complexity index is 1690. The van der Waals surface area contributed by atoms with Crippen molar-refractivity contribution in [2.24, 2.45) is 0 Å². The number of unbranched alkanes of at least 4 members (excludes halogenated alkanes) is 8. The lowest BCUT2D eigenvalue weighted by Crippen LogP contribution is -2.30. The van der Waals surface area contributed by atoms with Gasteiger partial charge in [-0.25, -0.2) is 0 Å². The highest BCUT2D eigenvalue weighted by atomic mass is 16.6. The first kappa shape index (κ1) is 65.8. The molecule has 0 aliphatic carbocycles. The van der Waals surface area contributed by atoms with Gasteiger partial charge in [0.05, 0.1) is 0 Å². The number of rotatable bonds is 47. The van der Waals surface area contributed by atoms with Crippen LogP contribution in [0.1, 0.15) is 201 Å². The Labute approximate surface area is 434 Å². The van der Waals surface area contributed by atoms with Crippen molar-refractivity contribution < 1.29 is 28.6 Å². The number of carbonyl (C=O) groups excluding carboxylic acids is 3. The highest BCUT2D eigenvalue weighted by Gasteiger charge is 2.19. The molecule has 0 heterocycles. The fourth-order valence-electron chi connectivity index (χ4n) is 6.68. The van der Waals surface area contributed by atoms with E-state index >= 15 is 0 Å². The van der Waals surface area contributed by atoms with E-state index in [0.717, 1.165) is 148 Å². The molecule has 0 saturated carbocycles. The minimum Gasteiger partial charge on any atom is -0.462 e. The van der Waals surface area contributed by atoms with Crippen LogP contribution < -0.4 is 0 Å². The molecule has 0 bridgehead atoms. The van der Waals surface area contributed by atoms with Crippen LogP contribution >= 0.6 is 0 Å². The van der Waals surface area contributed by atoms with E-state index in [1.54, 1.807) is 0 Å². The second-order valence-electron chi connectivity index (χ2n) is 17.3. The maximum Gasteiger partial charge on any atom is 0.306 e. The molecule has 6 nitrogen and oxygen atoms in total. The van der Waals surface area contributed by atoms with Crippen LogP contribution in [0.25, 0.3) is 0 Å². The number of esters is 3. The first-order valence-electron chi connectivity index (χ1n) is 27.6. The van der Waals surface area contributed by atoms with Crippen molar-refractivity contribution in [1.82, 2.24) is 0 Å². The molecule has 0 fully saturated rings. The maximum absolute atomic E-state index is 12.8. The topological polar surface area (TPSA) is 78.9 Å². The lowest BCUT2D eigenvalue weighted by molar-refractivity contribution is -0.166. The molecule has 1 unspecified atom stereocenters. The number of hydrogen-bond acceptors (Lipinski definition) is 6. The first-order chi connectivity index (χ1) is 35.0. The zero-order chi connectivity index (χ0) is 51.4. The van der Waals surface area contributed by atoms with Gasteiger partial charge in [0, 0.05) is 19.3 Å². The molecular weight excluding hydrogens is 877 g/mol. The summed E-state index contributed by atoms with van der Waals surface area (Å²) in [5, 5.41) is 0. The number of carbonyl (C=O) groups is 3. The van der Waals surface area contributed by atoms with Gasteiger partial charge in [0.1, 0.15) is 13.2 Å². The molecule has 0 amide bonds. The largest absolute Gasteiger partial charge is 0.462 e. The van der Waals surface area contributed by atoms with Crippen molar-refractivity contribution in [3.8, 4) is 0 Å². The second-order valence-corrected chi connectivity index (χ2v) is 17.3. The minimum absolute atomic E-state index is 0.133. The lowest BCUT2D eigenvalue weighted by Gasteiger charge is -2.18. The van der Waals surface area contributed by atoms with Crippen molar-refractivity contribution in [1.29, 1.82) is 0 Å². The maximum atomic E-state index is 12.8. The molecular formula is C65H98O6. The number of allylic oxidation sites excluding steroid dienone is 28. The highest BCUT2D eigenvalue weighted by Crippen LogP contribution is 2.11. The van der Waals surface area contributed by atoms with Gasteiger partial charge in [-0.05, 0) is 135 Å². The number of ether oxygens (including phenoxy) is 3. The van der Waals surface area contributed by atoms with E-state index in [-0.39, 0.29) is 44.0 Å². The molecule has 71 heavy (non-hydrogen) atoms. The fraction of sp³-hybridized carbons (Fsp3) is 0.523. The van der Waals surface area contributed by atoms with Crippen LogP contribution in [0, 0.1) is 0 Å². The van der Waals surface area contributed by atoms with Gasteiger partial charge >= 0.3 is 17.9 Å². The Hall–Kier alpha value is -5.23. The first-order valence-corrected chi connectivity index (χ1v) is 27.6. The van der Waals surface area contributed by atoms with Crippen LogP contribution in [0.2, 0.25) is 0 Å². The van der Waals surface area contributed by atoms with Gasteiger partial charge in [0.2, 0.25) is 0 Å². The number of hydrogen-bond donors (Lipinski definition) is 0. The zero-order valence-corrected chi connectivity index (χ0v) is 44.9. The molecule has 0 spiro atoms. The van der Waals surface area contributed by atoms with E-state index in [1.807, 2.05) is 12.2 Å². The molecule has 0 saturated heterocycles. The molecule has 0 radical (unpaired) electrons. The van der Waals surface area contributed by atoms with Crippen LogP contribution in [0.4, 0.5) is 0 Å². The molecule has 0 aromatic heterocycles. The van der Waals surface area contributed by atoms with Gasteiger partial charge in [0.25, 0.3) is 0 Å². The molecule has 394 valence electrons. The summed E-state index contributed by atoms with van der Waals surface area (Å²) in [6.45, 7) is 6.16. The van der Waals surface area contributed by atoms with Crippen molar-refractivity contribution in [3.05, 3.63) is 170 Å². The van der Waals surface area contributed by atoms with E-state index in [9.17, 15) is 14.4 Å². The Morgan fingerprint density at radius 1 is 0.282 bits per heavy atom. The molecule has 0 aromatic rings. The quantitative estimate of drug-likeness (QED) is 0.0262. The Morgan fingerprint density at radius 2 is 0.535 bits per heavy atom. The van der Waals surface area contributed by atoms with E-state index in [1.165, 1.54) is 0 Å². The van der Waals surface area contributed by atoms with Crippen molar-refractivity contribution in [2.45, 2.75) is 207 Å². The molecule has 0 aromatic carbocycles. The van der Waals surface area contributed by atoms with Crippen molar-refractivity contribution in [2.75, 3.05) is 13.2 Å². The summed E-state index contributed by atoms with van der Waals surface area (Å²) in [7, 11) is 0. The predicted molar refractivity (Wildman–Crippen MR) is 306 cm³/mol. The third kappa shape index (κ3) is 55.6. The van der Waals surface area contributed by atoms with Crippen LogP contribution in [0.3, 0.4) is 0 Å². The Morgan fingerprint density at radius 3 is 0.887 bits per heavy atom. The summed E-state index contributed by atoms with van der Waals surface area (Å²) in [6, 6.07) is 0. The summed E-state index contributed by atoms with van der Waals surface area (Å²) >= 11 is 0. The van der Waals surface area contributed by atoms with Crippen LogP contribution in [0.15, 0.2) is 170 Å². The summed E-state index contributed by atoms with van der Waals surface area (Å²) in [4.78, 5) is 38.1. The average Bonchev–Trinajstić information content (AvgIpc) is 3.37. The van der Waals surface area contributed by atoms with Crippen LogP contribution in [0.5, 0.6) is 0 Å². The molecule has 0 rings (SSSR count). The molecule has 1 atom stereocenters. The monoisotopic (exact) mass is 975 g/mol. The fourth-order valence-corrected chi connectivity index (χ4v) is 6.68. The Kier molecular flexibility index (Phi) is 53.1. The summed E-state index contributed by atoms with van der Waals surface area (Å²) in [5.74, 6) is -1.08. The zero-order valence-electron chi connectivity index (χ0n) is 44.9. The summed E-state index contributed by atoms with van der Waals surface area (Å²) in [5.41, 5.74) is 0. The van der Waals surface area contributed by atoms with E-state index in [2.05, 4.69) is 179 Å². The standard InChI is InChI=1S/C65H98O6/c1-4-7-10-13-16-19-22-25-28-30-32-34-37-40-43-46-49-52-55-58-64(67)70-61-62(60-69-63(66)57-54-51-48-45-42-39-36-27-24-21-18-15-12-9-6-3)71-65(68)59-56-53-50-47-44-41-38-35-33-31-29-26-23-20-17-14-11-8-5-2/h7-12,16-21,25-29,32-36,40-41,43-44,49,52,62H,4-6,13-15,22-24,30-31,37-39,42,45-48,50-51,53-61H2,1-3H3/b10-7-,11-8-,12-9-,19-16-,20-17-,21-18-,28-25-,29-26-,34-32-,35-33-,36-27-,43-40-,44-41-,52-49-. The van der Waals surface area contributed by atoms with E-state index in [0.29, 0.717) is 19.3 Å². The van der Waals surface area contributed by atoms with Gasteiger partial charge in [-0.1, -0.05) is 217 Å². The molecule has 0 N–H and O–H groups in total. The predicted octanol–water partition coefficient (Wildman–Crippen LogP) is 18.8. The van der Waals surface area contributed by atoms with Crippen LogP contribution in [-0.4, -0.2) is 37.2 Å². The molecule has 0 aliphatic heterocycles.